The third-order valence-electron chi connectivity index (χ3n) is 3.74. The number of aliphatic carboxylic acids is 1. The minimum atomic E-state index is -1.09. The minimum absolute atomic E-state index is 0.00625. The number of nitrogens with zero attached hydrogens (tertiary/aromatic N) is 3. The molecule has 2 aromatic rings. The monoisotopic (exact) mass is 317 g/mol. The summed E-state index contributed by atoms with van der Waals surface area (Å²) >= 11 is 0. The van der Waals surface area contributed by atoms with Crippen LogP contribution in [0.2, 0.25) is 0 Å². The number of aromatic nitrogens is 2. The average Bonchev–Trinajstić information content (AvgIpc) is 2.57. The standard InChI is InChI=1S/C15H15N3O5/c19-12-7-16-18(11-4-2-1-3-10(11)12)9-14(20)17-5-6-23-13(8-17)15(21)22/h1-4,7,13H,5-6,8-9H2,(H,21,22)/t13-/m0/s1. The van der Waals surface area contributed by atoms with Crippen LogP contribution >= 0.6 is 0 Å². The highest BCUT2D eigenvalue weighted by molar-refractivity contribution is 5.82. The lowest BCUT2D eigenvalue weighted by atomic mass is 10.2. The Morgan fingerprint density at radius 2 is 2.13 bits per heavy atom. The second kappa shape index (κ2) is 6.17. The summed E-state index contributed by atoms with van der Waals surface area (Å²) in [7, 11) is 0. The molecule has 2 heterocycles. The Labute approximate surface area is 130 Å². The Hall–Kier alpha value is -2.74. The van der Waals surface area contributed by atoms with Crippen LogP contribution in [0.15, 0.2) is 35.3 Å². The lowest BCUT2D eigenvalue weighted by Crippen LogP contribution is -2.49. The maximum Gasteiger partial charge on any atom is 0.334 e. The van der Waals surface area contributed by atoms with Gasteiger partial charge in [-0.15, -0.1) is 0 Å². The van der Waals surface area contributed by atoms with Gasteiger partial charge in [-0.1, -0.05) is 12.1 Å². The van der Waals surface area contributed by atoms with Crippen molar-refractivity contribution in [2.75, 3.05) is 19.7 Å². The largest absolute Gasteiger partial charge is 0.479 e. The number of carbonyl (C=O) groups is 2. The van der Waals surface area contributed by atoms with Crippen LogP contribution in [0.3, 0.4) is 0 Å². The lowest BCUT2D eigenvalue weighted by molar-refractivity contribution is -0.159. The van der Waals surface area contributed by atoms with Gasteiger partial charge in [0.2, 0.25) is 11.3 Å². The molecule has 1 aliphatic rings. The van der Waals surface area contributed by atoms with Crippen molar-refractivity contribution in [3.05, 3.63) is 40.7 Å². The molecule has 1 amide bonds. The number of ether oxygens (including phenoxy) is 1. The summed E-state index contributed by atoms with van der Waals surface area (Å²) < 4.78 is 6.55. The zero-order valence-electron chi connectivity index (χ0n) is 12.2. The van der Waals surface area contributed by atoms with Crippen LogP contribution in [0.25, 0.3) is 10.9 Å². The minimum Gasteiger partial charge on any atom is -0.479 e. The van der Waals surface area contributed by atoms with Gasteiger partial charge in [-0.2, -0.15) is 5.10 Å². The van der Waals surface area contributed by atoms with Gasteiger partial charge < -0.3 is 14.7 Å². The van der Waals surface area contributed by atoms with Crippen molar-refractivity contribution < 1.29 is 19.4 Å². The van der Waals surface area contributed by atoms with Crippen LogP contribution in [0.5, 0.6) is 0 Å². The second-order valence-corrected chi connectivity index (χ2v) is 5.22. The summed E-state index contributed by atoms with van der Waals surface area (Å²) in [5.74, 6) is -1.35. The van der Waals surface area contributed by atoms with Crippen molar-refractivity contribution in [2.24, 2.45) is 0 Å². The molecule has 3 rings (SSSR count). The van der Waals surface area contributed by atoms with Crippen LogP contribution in [0.4, 0.5) is 0 Å². The molecule has 120 valence electrons. The first-order valence-corrected chi connectivity index (χ1v) is 7.13. The SMILES string of the molecule is O=C(O)[C@@H]1CN(C(=O)Cn2ncc(=O)c3ccccc32)CCO1. The van der Waals surface area contributed by atoms with E-state index in [2.05, 4.69) is 5.10 Å². The van der Waals surface area contributed by atoms with E-state index >= 15 is 0 Å². The molecule has 1 saturated heterocycles. The van der Waals surface area contributed by atoms with E-state index in [1.165, 1.54) is 15.8 Å². The Kier molecular flexibility index (Phi) is 4.07. The summed E-state index contributed by atoms with van der Waals surface area (Å²) in [6.07, 6.45) is 0.168. The van der Waals surface area contributed by atoms with Crippen LogP contribution in [-0.2, 0) is 20.9 Å². The summed E-state index contributed by atoms with van der Waals surface area (Å²) in [6.45, 7) is 0.460. The van der Waals surface area contributed by atoms with Crippen molar-refractivity contribution in [3.63, 3.8) is 0 Å². The highest BCUT2D eigenvalue weighted by Crippen LogP contribution is 2.10. The van der Waals surface area contributed by atoms with Gasteiger partial charge in [-0.05, 0) is 12.1 Å². The molecule has 1 fully saturated rings. The molecule has 0 saturated carbocycles. The molecule has 0 aliphatic carbocycles. The number of para-hydroxylation sites is 1. The molecule has 0 spiro atoms. The van der Waals surface area contributed by atoms with Crippen LogP contribution in [-0.4, -0.2) is 57.5 Å². The molecular formula is C15H15N3O5. The molecular weight excluding hydrogens is 302 g/mol. The maximum atomic E-state index is 12.4. The normalized spacial score (nSPS) is 18.1. The van der Waals surface area contributed by atoms with Gasteiger partial charge in [0.25, 0.3) is 0 Å². The third-order valence-corrected chi connectivity index (χ3v) is 3.74. The number of rotatable bonds is 3. The number of hydrogen-bond acceptors (Lipinski definition) is 5. The highest BCUT2D eigenvalue weighted by atomic mass is 16.5. The van der Waals surface area contributed by atoms with Crippen molar-refractivity contribution >= 4 is 22.8 Å². The molecule has 1 aromatic carbocycles. The smallest absolute Gasteiger partial charge is 0.334 e. The van der Waals surface area contributed by atoms with Gasteiger partial charge in [0, 0.05) is 11.9 Å². The van der Waals surface area contributed by atoms with Crippen LogP contribution in [0, 0.1) is 0 Å². The number of hydrogen-bond donors (Lipinski definition) is 1. The fraction of sp³-hybridized carbons (Fsp3) is 0.333. The van der Waals surface area contributed by atoms with E-state index < -0.39 is 12.1 Å². The molecule has 1 aromatic heterocycles. The predicted octanol–water partition coefficient (Wildman–Crippen LogP) is -0.291. The fourth-order valence-corrected chi connectivity index (χ4v) is 2.54. The molecule has 1 N–H and O–H groups in total. The first-order valence-electron chi connectivity index (χ1n) is 7.13. The number of carboxylic acid groups (broad SMARTS) is 1. The first kappa shape index (κ1) is 15.2. The Balaban J connectivity index is 1.82. The van der Waals surface area contributed by atoms with E-state index in [0.29, 0.717) is 17.4 Å². The number of benzene rings is 1. The van der Waals surface area contributed by atoms with Gasteiger partial charge in [0.05, 0.1) is 24.9 Å². The molecule has 1 atom stereocenters. The highest BCUT2D eigenvalue weighted by Gasteiger charge is 2.29. The summed E-state index contributed by atoms with van der Waals surface area (Å²) in [5.41, 5.74) is 0.359. The summed E-state index contributed by atoms with van der Waals surface area (Å²) in [6, 6.07) is 6.90. The third kappa shape index (κ3) is 3.07. The molecule has 23 heavy (non-hydrogen) atoms. The maximum absolute atomic E-state index is 12.4. The molecule has 0 radical (unpaired) electrons. The van der Waals surface area contributed by atoms with E-state index in [1.54, 1.807) is 24.3 Å². The van der Waals surface area contributed by atoms with Crippen LogP contribution in [0.1, 0.15) is 0 Å². The van der Waals surface area contributed by atoms with E-state index in [1.807, 2.05) is 0 Å². The van der Waals surface area contributed by atoms with Gasteiger partial charge >= 0.3 is 5.97 Å². The molecule has 8 heteroatoms. The van der Waals surface area contributed by atoms with E-state index in [-0.39, 0.29) is 31.0 Å². The Bertz CT molecular complexity index is 816. The zero-order chi connectivity index (χ0) is 16.4. The molecule has 0 unspecified atom stereocenters. The number of carbonyl (C=O) groups excluding carboxylic acids is 1. The number of fused-ring (bicyclic) bond motifs is 1. The predicted molar refractivity (Wildman–Crippen MR) is 80.0 cm³/mol. The van der Waals surface area contributed by atoms with E-state index in [0.717, 1.165) is 0 Å². The quantitative estimate of drug-likeness (QED) is 0.834. The van der Waals surface area contributed by atoms with E-state index in [9.17, 15) is 14.4 Å². The Morgan fingerprint density at radius 1 is 1.35 bits per heavy atom. The number of morpholine rings is 1. The van der Waals surface area contributed by atoms with Crippen LogP contribution < -0.4 is 5.43 Å². The first-order chi connectivity index (χ1) is 11.1. The average molecular weight is 317 g/mol. The zero-order valence-corrected chi connectivity index (χ0v) is 12.2. The second-order valence-electron chi connectivity index (χ2n) is 5.22. The van der Waals surface area contributed by atoms with Gasteiger partial charge in [0.15, 0.2) is 6.10 Å². The topological polar surface area (TPSA) is 102 Å². The summed E-state index contributed by atoms with van der Waals surface area (Å²) in [5, 5.41) is 13.5. The van der Waals surface area contributed by atoms with Gasteiger partial charge in [0.1, 0.15) is 6.54 Å². The van der Waals surface area contributed by atoms with Crippen molar-refractivity contribution in [2.45, 2.75) is 12.6 Å². The van der Waals surface area contributed by atoms with Crippen molar-refractivity contribution in [3.8, 4) is 0 Å². The molecule has 1 aliphatic heterocycles. The lowest BCUT2D eigenvalue weighted by Gasteiger charge is -2.31. The molecule has 0 bridgehead atoms. The van der Waals surface area contributed by atoms with Crippen molar-refractivity contribution in [1.82, 2.24) is 14.7 Å². The molecule has 8 nitrogen and oxygen atoms in total. The summed E-state index contributed by atoms with van der Waals surface area (Å²) in [4.78, 5) is 36.6. The van der Waals surface area contributed by atoms with E-state index in [4.69, 9.17) is 9.84 Å². The number of amides is 1. The number of carboxylic acids is 1. The fourth-order valence-electron chi connectivity index (χ4n) is 2.54. The van der Waals surface area contributed by atoms with Gasteiger partial charge in [-0.25, -0.2) is 4.79 Å². The van der Waals surface area contributed by atoms with Crippen molar-refractivity contribution in [1.29, 1.82) is 0 Å². The van der Waals surface area contributed by atoms with Gasteiger partial charge in [-0.3, -0.25) is 14.3 Å². The Morgan fingerprint density at radius 3 is 2.91 bits per heavy atom.